The van der Waals surface area contributed by atoms with Gasteiger partial charge in [0.15, 0.2) is 0 Å². The van der Waals surface area contributed by atoms with Crippen molar-refractivity contribution in [1.29, 1.82) is 0 Å². The highest BCUT2D eigenvalue weighted by atomic mass is 31.2. The van der Waals surface area contributed by atoms with E-state index in [2.05, 4.69) is 70.2 Å². The van der Waals surface area contributed by atoms with Crippen molar-refractivity contribution in [2.75, 3.05) is 0 Å². The lowest BCUT2D eigenvalue weighted by Gasteiger charge is -2.21. The van der Waals surface area contributed by atoms with Crippen LogP contribution < -0.4 is 4.52 Å². The van der Waals surface area contributed by atoms with Gasteiger partial charge in [-0.2, -0.15) is 0 Å². The standard InChI is InChI=1S/C26H29O3P/c1-18(2)22-16-11-17-23(19(3)4)26(22)29-30-27-24(20-12-7-5-8-13-20)25(28-30)21-14-9-6-10-15-21/h5-19,24-25H,1-4H3/t24-,25-/m1/s1. The van der Waals surface area contributed by atoms with Gasteiger partial charge >= 0.3 is 8.60 Å². The van der Waals surface area contributed by atoms with Crippen LogP contribution in [0.2, 0.25) is 0 Å². The van der Waals surface area contributed by atoms with Crippen molar-refractivity contribution < 1.29 is 13.6 Å². The molecule has 3 aromatic rings. The molecule has 0 saturated carbocycles. The topological polar surface area (TPSA) is 27.7 Å². The summed E-state index contributed by atoms with van der Waals surface area (Å²) < 4.78 is 19.3. The molecule has 156 valence electrons. The molecule has 2 atom stereocenters. The third-order valence-corrected chi connectivity index (χ3v) is 6.55. The van der Waals surface area contributed by atoms with Gasteiger partial charge < -0.3 is 4.52 Å². The minimum atomic E-state index is -1.53. The van der Waals surface area contributed by atoms with Gasteiger partial charge in [-0.25, -0.2) is 0 Å². The van der Waals surface area contributed by atoms with E-state index in [9.17, 15) is 0 Å². The van der Waals surface area contributed by atoms with Gasteiger partial charge in [0.1, 0.15) is 18.0 Å². The SMILES string of the molecule is CC(C)c1cccc(C(C)C)c1OP1O[C@H](c2ccccc2)[C@@H](c2ccccc2)O1. The summed E-state index contributed by atoms with van der Waals surface area (Å²) >= 11 is 0. The zero-order chi connectivity index (χ0) is 21.1. The van der Waals surface area contributed by atoms with Gasteiger partial charge in [-0.3, -0.25) is 9.05 Å². The van der Waals surface area contributed by atoms with Crippen LogP contribution in [0.15, 0.2) is 78.9 Å². The summed E-state index contributed by atoms with van der Waals surface area (Å²) in [5.41, 5.74) is 4.58. The normalized spacial score (nSPS) is 19.5. The fourth-order valence-corrected chi connectivity index (χ4v) is 5.11. The minimum Gasteiger partial charge on any atom is -0.426 e. The molecule has 1 aliphatic rings. The van der Waals surface area contributed by atoms with Crippen LogP contribution in [0.3, 0.4) is 0 Å². The Labute approximate surface area is 181 Å². The molecular weight excluding hydrogens is 391 g/mol. The fraction of sp³-hybridized carbons (Fsp3) is 0.308. The Morgan fingerprint density at radius 3 is 1.47 bits per heavy atom. The predicted molar refractivity (Wildman–Crippen MR) is 123 cm³/mol. The van der Waals surface area contributed by atoms with Gasteiger partial charge in [0.25, 0.3) is 0 Å². The second kappa shape index (κ2) is 9.31. The highest BCUT2D eigenvalue weighted by Crippen LogP contribution is 2.60. The Bertz CT molecular complexity index is 883. The van der Waals surface area contributed by atoms with Crippen LogP contribution in [-0.2, 0) is 9.05 Å². The Hall–Kier alpha value is -2.19. The molecule has 1 heterocycles. The van der Waals surface area contributed by atoms with Crippen LogP contribution in [0.5, 0.6) is 5.75 Å². The van der Waals surface area contributed by atoms with Crippen molar-refractivity contribution in [3.8, 4) is 5.75 Å². The lowest BCUT2D eigenvalue weighted by atomic mass is 9.94. The second-order valence-corrected chi connectivity index (χ2v) is 9.31. The van der Waals surface area contributed by atoms with Crippen LogP contribution >= 0.6 is 8.60 Å². The summed E-state index contributed by atoms with van der Waals surface area (Å²) in [6.45, 7) is 8.76. The van der Waals surface area contributed by atoms with Crippen LogP contribution in [0.4, 0.5) is 0 Å². The number of rotatable bonds is 6. The van der Waals surface area contributed by atoms with Gasteiger partial charge in [-0.05, 0) is 34.1 Å². The highest BCUT2D eigenvalue weighted by Gasteiger charge is 2.42. The van der Waals surface area contributed by atoms with Gasteiger partial charge in [-0.1, -0.05) is 107 Å². The van der Waals surface area contributed by atoms with E-state index >= 15 is 0 Å². The molecule has 0 spiro atoms. The van der Waals surface area contributed by atoms with E-state index in [0.29, 0.717) is 11.8 Å². The van der Waals surface area contributed by atoms with Crippen LogP contribution in [0.25, 0.3) is 0 Å². The molecule has 0 bridgehead atoms. The molecule has 4 heteroatoms. The van der Waals surface area contributed by atoms with Crippen LogP contribution in [-0.4, -0.2) is 0 Å². The molecule has 0 N–H and O–H groups in total. The van der Waals surface area contributed by atoms with E-state index < -0.39 is 8.60 Å². The van der Waals surface area contributed by atoms with Gasteiger partial charge in [0.05, 0.1) is 0 Å². The lowest BCUT2D eigenvalue weighted by Crippen LogP contribution is -2.06. The first-order chi connectivity index (χ1) is 14.5. The molecule has 1 saturated heterocycles. The Kier molecular flexibility index (Phi) is 6.53. The maximum atomic E-state index is 6.48. The zero-order valence-electron chi connectivity index (χ0n) is 18.0. The maximum absolute atomic E-state index is 6.48. The summed E-state index contributed by atoms with van der Waals surface area (Å²) in [5, 5.41) is 0. The summed E-state index contributed by atoms with van der Waals surface area (Å²) in [5.74, 6) is 1.62. The van der Waals surface area contributed by atoms with E-state index in [4.69, 9.17) is 13.6 Å². The van der Waals surface area contributed by atoms with Crippen molar-refractivity contribution in [2.24, 2.45) is 0 Å². The molecular formula is C26H29O3P. The Balaban J connectivity index is 1.67. The van der Waals surface area contributed by atoms with Crippen molar-refractivity contribution in [3.63, 3.8) is 0 Å². The fourth-order valence-electron chi connectivity index (χ4n) is 3.78. The number of hydrogen-bond acceptors (Lipinski definition) is 3. The largest absolute Gasteiger partial charge is 0.426 e. The molecule has 4 rings (SSSR count). The molecule has 3 aromatic carbocycles. The zero-order valence-corrected chi connectivity index (χ0v) is 18.9. The van der Waals surface area contributed by atoms with Crippen LogP contribution in [0.1, 0.15) is 74.0 Å². The number of hydrogen-bond donors (Lipinski definition) is 0. The summed E-state index contributed by atoms with van der Waals surface area (Å²) in [6, 6.07) is 26.9. The minimum absolute atomic E-state index is 0.201. The molecule has 0 aromatic heterocycles. The van der Waals surface area contributed by atoms with Crippen LogP contribution in [0, 0.1) is 0 Å². The lowest BCUT2D eigenvalue weighted by molar-refractivity contribution is 0.159. The predicted octanol–water partition coefficient (Wildman–Crippen LogP) is 8.07. The maximum Gasteiger partial charge on any atom is 0.398 e. The monoisotopic (exact) mass is 420 g/mol. The Morgan fingerprint density at radius 2 is 1.07 bits per heavy atom. The van der Waals surface area contributed by atoms with E-state index in [1.54, 1.807) is 0 Å². The molecule has 0 aliphatic carbocycles. The van der Waals surface area contributed by atoms with E-state index in [-0.39, 0.29) is 12.2 Å². The van der Waals surface area contributed by atoms with Gasteiger partial charge in [0, 0.05) is 0 Å². The van der Waals surface area contributed by atoms with E-state index in [1.165, 1.54) is 11.1 Å². The average Bonchev–Trinajstić information content (AvgIpc) is 3.18. The first-order valence-electron chi connectivity index (χ1n) is 10.6. The first kappa shape index (κ1) is 21.1. The second-order valence-electron chi connectivity index (χ2n) is 8.26. The third-order valence-electron chi connectivity index (χ3n) is 5.42. The third kappa shape index (κ3) is 4.44. The Morgan fingerprint density at radius 1 is 0.633 bits per heavy atom. The molecule has 0 amide bonds. The average molecular weight is 420 g/mol. The molecule has 0 unspecified atom stereocenters. The van der Waals surface area contributed by atoms with Crippen molar-refractivity contribution in [3.05, 3.63) is 101 Å². The summed E-state index contributed by atoms with van der Waals surface area (Å²) in [4.78, 5) is 0. The van der Waals surface area contributed by atoms with Gasteiger partial charge in [0.2, 0.25) is 0 Å². The molecule has 0 radical (unpaired) electrons. The molecule has 1 fully saturated rings. The number of benzene rings is 3. The van der Waals surface area contributed by atoms with Crippen molar-refractivity contribution in [2.45, 2.75) is 51.7 Å². The molecule has 3 nitrogen and oxygen atoms in total. The van der Waals surface area contributed by atoms with Crippen molar-refractivity contribution >= 4 is 8.60 Å². The number of para-hydroxylation sites is 1. The van der Waals surface area contributed by atoms with E-state index in [1.807, 2.05) is 36.4 Å². The molecule has 30 heavy (non-hydrogen) atoms. The summed E-state index contributed by atoms with van der Waals surface area (Å²) in [7, 11) is -1.53. The molecule has 1 aliphatic heterocycles. The van der Waals surface area contributed by atoms with E-state index in [0.717, 1.165) is 16.9 Å². The summed E-state index contributed by atoms with van der Waals surface area (Å²) in [6.07, 6.45) is -0.401. The highest BCUT2D eigenvalue weighted by molar-refractivity contribution is 7.42. The van der Waals surface area contributed by atoms with Gasteiger partial charge in [-0.15, -0.1) is 0 Å². The van der Waals surface area contributed by atoms with Crippen molar-refractivity contribution in [1.82, 2.24) is 0 Å². The quantitative estimate of drug-likeness (QED) is 0.377. The first-order valence-corrected chi connectivity index (χ1v) is 11.7. The smallest absolute Gasteiger partial charge is 0.398 e.